The number of nitrogens with zero attached hydrogens (tertiary/aromatic N) is 1. The lowest BCUT2D eigenvalue weighted by molar-refractivity contribution is -0.136. The van der Waals surface area contributed by atoms with E-state index in [9.17, 15) is 18.0 Å². The summed E-state index contributed by atoms with van der Waals surface area (Å²) >= 11 is 2.99. The van der Waals surface area contributed by atoms with Gasteiger partial charge in [-0.25, -0.2) is 13.2 Å². The fourth-order valence-corrected chi connectivity index (χ4v) is 1.44. The van der Waals surface area contributed by atoms with E-state index < -0.39 is 35.9 Å². The molecule has 7 heteroatoms. The highest BCUT2D eigenvalue weighted by atomic mass is 79.9. The van der Waals surface area contributed by atoms with E-state index in [-0.39, 0.29) is 11.0 Å². The highest BCUT2D eigenvalue weighted by Crippen LogP contribution is 2.25. The predicted molar refractivity (Wildman–Crippen MR) is 53.1 cm³/mol. The number of hydrogen-bond acceptors (Lipinski definition) is 2. The van der Waals surface area contributed by atoms with E-state index in [0.717, 1.165) is 6.07 Å². The molecular formula is C9H7BrF3NO2. The molecule has 0 fully saturated rings. The number of pyridine rings is 1. The van der Waals surface area contributed by atoms with Crippen molar-refractivity contribution in [1.82, 2.24) is 4.98 Å². The molecule has 1 heterocycles. The van der Waals surface area contributed by atoms with Crippen molar-refractivity contribution in [3.63, 3.8) is 0 Å². The first-order valence-corrected chi connectivity index (χ1v) is 5.32. The Bertz CT molecular complexity index is 412. The van der Waals surface area contributed by atoms with E-state index in [1.54, 1.807) is 0 Å². The summed E-state index contributed by atoms with van der Waals surface area (Å²) in [7, 11) is 0. The fraction of sp³-hybridized carbons (Fsp3) is 0.333. The average Bonchev–Trinajstić information content (AvgIpc) is 2.19. The third-order valence-corrected chi connectivity index (χ3v) is 2.37. The standard InChI is InChI=1S/C9H7BrF3NO2/c10-3-4-1-5(9(12)13)8(11)6(14-4)2-7(15)16/h1,9H,2-3H2,(H,15,16). The van der Waals surface area contributed by atoms with E-state index in [4.69, 9.17) is 5.11 Å². The Kier molecular flexibility index (Phi) is 4.28. The summed E-state index contributed by atoms with van der Waals surface area (Å²) in [6, 6.07) is 0.917. The van der Waals surface area contributed by atoms with Crippen molar-refractivity contribution in [2.75, 3.05) is 0 Å². The first-order valence-electron chi connectivity index (χ1n) is 4.19. The van der Waals surface area contributed by atoms with Crippen molar-refractivity contribution in [1.29, 1.82) is 0 Å². The fourth-order valence-electron chi connectivity index (χ4n) is 1.15. The molecule has 16 heavy (non-hydrogen) atoms. The minimum absolute atomic E-state index is 0.152. The van der Waals surface area contributed by atoms with Gasteiger partial charge in [0, 0.05) is 5.33 Å². The van der Waals surface area contributed by atoms with Crippen LogP contribution in [0.1, 0.15) is 23.4 Å². The number of carboxylic acids is 1. The molecule has 0 atom stereocenters. The summed E-state index contributed by atoms with van der Waals surface area (Å²) in [4.78, 5) is 14.0. The molecule has 0 radical (unpaired) electrons. The van der Waals surface area contributed by atoms with Gasteiger partial charge in [-0.15, -0.1) is 0 Å². The average molecular weight is 298 g/mol. The van der Waals surface area contributed by atoms with E-state index >= 15 is 0 Å². The molecule has 0 amide bonds. The van der Waals surface area contributed by atoms with Crippen LogP contribution in [0.2, 0.25) is 0 Å². The van der Waals surface area contributed by atoms with E-state index in [1.165, 1.54) is 0 Å². The van der Waals surface area contributed by atoms with Crippen LogP contribution in [-0.4, -0.2) is 16.1 Å². The second kappa shape index (κ2) is 5.29. The minimum Gasteiger partial charge on any atom is -0.481 e. The van der Waals surface area contributed by atoms with Gasteiger partial charge < -0.3 is 5.11 Å². The van der Waals surface area contributed by atoms with Crippen molar-refractivity contribution in [2.45, 2.75) is 18.2 Å². The molecule has 1 N–H and O–H groups in total. The normalized spacial score (nSPS) is 10.8. The van der Waals surface area contributed by atoms with Gasteiger partial charge in [-0.05, 0) is 6.07 Å². The molecule has 0 spiro atoms. The lowest BCUT2D eigenvalue weighted by Crippen LogP contribution is -2.09. The van der Waals surface area contributed by atoms with E-state index in [0.29, 0.717) is 0 Å². The van der Waals surface area contributed by atoms with Gasteiger partial charge in [0.25, 0.3) is 6.43 Å². The first kappa shape index (κ1) is 13.0. The van der Waals surface area contributed by atoms with Crippen molar-refractivity contribution in [3.05, 3.63) is 28.8 Å². The van der Waals surface area contributed by atoms with Crippen LogP contribution < -0.4 is 0 Å². The van der Waals surface area contributed by atoms with Crippen LogP contribution in [0.4, 0.5) is 13.2 Å². The second-order valence-corrected chi connectivity index (χ2v) is 3.53. The largest absolute Gasteiger partial charge is 0.481 e. The van der Waals surface area contributed by atoms with E-state index in [2.05, 4.69) is 20.9 Å². The molecule has 1 aromatic heterocycles. The molecular weight excluding hydrogens is 291 g/mol. The Morgan fingerprint density at radius 3 is 2.62 bits per heavy atom. The molecule has 0 unspecified atom stereocenters. The van der Waals surface area contributed by atoms with Crippen LogP contribution in [0.3, 0.4) is 0 Å². The van der Waals surface area contributed by atoms with Crippen LogP contribution in [0, 0.1) is 5.82 Å². The Morgan fingerprint density at radius 2 is 2.19 bits per heavy atom. The zero-order valence-electron chi connectivity index (χ0n) is 7.88. The first-order chi connectivity index (χ1) is 7.45. The molecule has 0 saturated carbocycles. The van der Waals surface area contributed by atoms with Crippen molar-refractivity contribution < 1.29 is 23.1 Å². The van der Waals surface area contributed by atoms with Crippen molar-refractivity contribution >= 4 is 21.9 Å². The number of carboxylic acid groups (broad SMARTS) is 1. The van der Waals surface area contributed by atoms with Gasteiger partial charge in [-0.1, -0.05) is 15.9 Å². The number of aliphatic carboxylic acids is 1. The van der Waals surface area contributed by atoms with Gasteiger partial charge in [0.1, 0.15) is 0 Å². The summed E-state index contributed by atoms with van der Waals surface area (Å²) in [5.41, 5.74) is -1.12. The maximum atomic E-state index is 13.4. The molecule has 0 aromatic carbocycles. The highest BCUT2D eigenvalue weighted by molar-refractivity contribution is 9.08. The molecule has 1 rings (SSSR count). The number of halogens is 4. The summed E-state index contributed by atoms with van der Waals surface area (Å²) in [5.74, 6) is -2.57. The Hall–Kier alpha value is -1.11. The lowest BCUT2D eigenvalue weighted by Gasteiger charge is -2.08. The summed E-state index contributed by atoms with van der Waals surface area (Å²) in [6.45, 7) is 0. The Labute approximate surface area is 97.4 Å². The van der Waals surface area contributed by atoms with Crippen molar-refractivity contribution in [2.24, 2.45) is 0 Å². The summed E-state index contributed by atoms with van der Waals surface area (Å²) < 4.78 is 38.2. The third-order valence-electron chi connectivity index (χ3n) is 1.80. The molecule has 88 valence electrons. The van der Waals surface area contributed by atoms with Gasteiger partial charge in [0.15, 0.2) is 5.82 Å². The van der Waals surface area contributed by atoms with Crippen LogP contribution >= 0.6 is 15.9 Å². The SMILES string of the molecule is O=C(O)Cc1nc(CBr)cc(C(F)F)c1F. The predicted octanol–water partition coefficient (Wildman–Crippen LogP) is 2.68. The zero-order valence-corrected chi connectivity index (χ0v) is 9.47. The lowest BCUT2D eigenvalue weighted by atomic mass is 10.1. The molecule has 0 aliphatic heterocycles. The van der Waals surface area contributed by atoms with Gasteiger partial charge in [-0.2, -0.15) is 0 Å². The molecule has 0 aliphatic carbocycles. The topological polar surface area (TPSA) is 50.2 Å². The third kappa shape index (κ3) is 2.94. The summed E-state index contributed by atoms with van der Waals surface area (Å²) in [6.07, 6.45) is -3.71. The number of carbonyl (C=O) groups is 1. The zero-order chi connectivity index (χ0) is 12.3. The highest BCUT2D eigenvalue weighted by Gasteiger charge is 2.20. The van der Waals surface area contributed by atoms with Crippen LogP contribution in [0.15, 0.2) is 6.07 Å². The van der Waals surface area contributed by atoms with Gasteiger partial charge in [0.05, 0.1) is 23.4 Å². The van der Waals surface area contributed by atoms with Crippen molar-refractivity contribution in [3.8, 4) is 0 Å². The molecule has 0 bridgehead atoms. The molecule has 3 nitrogen and oxygen atoms in total. The van der Waals surface area contributed by atoms with Gasteiger partial charge >= 0.3 is 5.97 Å². The number of rotatable bonds is 4. The monoisotopic (exact) mass is 297 g/mol. The van der Waals surface area contributed by atoms with Crippen LogP contribution in [0.5, 0.6) is 0 Å². The molecule has 0 saturated heterocycles. The second-order valence-electron chi connectivity index (χ2n) is 2.97. The maximum absolute atomic E-state index is 13.4. The maximum Gasteiger partial charge on any atom is 0.309 e. The Morgan fingerprint density at radius 1 is 1.56 bits per heavy atom. The quantitative estimate of drug-likeness (QED) is 0.869. The van der Waals surface area contributed by atoms with E-state index in [1.807, 2.05) is 0 Å². The summed E-state index contributed by atoms with van der Waals surface area (Å²) in [5, 5.41) is 8.63. The Balaban J connectivity index is 3.25. The number of hydrogen-bond donors (Lipinski definition) is 1. The minimum atomic E-state index is -2.99. The number of aromatic nitrogens is 1. The smallest absolute Gasteiger partial charge is 0.309 e. The number of alkyl halides is 3. The van der Waals surface area contributed by atoms with Crippen LogP contribution in [0.25, 0.3) is 0 Å². The van der Waals surface area contributed by atoms with Gasteiger partial charge in [-0.3, -0.25) is 9.78 Å². The van der Waals surface area contributed by atoms with Gasteiger partial charge in [0.2, 0.25) is 0 Å². The molecule has 1 aromatic rings. The molecule has 0 aliphatic rings. The van der Waals surface area contributed by atoms with Crippen LogP contribution in [-0.2, 0) is 16.5 Å².